The highest BCUT2D eigenvalue weighted by atomic mass is 19.1. The third kappa shape index (κ3) is 2.79. The van der Waals surface area contributed by atoms with Crippen LogP contribution in [0, 0.1) is 5.82 Å². The Labute approximate surface area is 106 Å². The van der Waals surface area contributed by atoms with E-state index in [2.05, 4.69) is 4.90 Å². The number of benzene rings is 1. The van der Waals surface area contributed by atoms with Gasteiger partial charge in [-0.2, -0.15) is 0 Å². The average molecular weight is 252 g/mol. The van der Waals surface area contributed by atoms with Crippen LogP contribution in [0.3, 0.4) is 0 Å². The van der Waals surface area contributed by atoms with Crippen LogP contribution >= 0.6 is 0 Å². The predicted octanol–water partition coefficient (Wildman–Crippen LogP) is 1.20. The van der Waals surface area contributed by atoms with Crippen molar-refractivity contribution in [3.63, 3.8) is 0 Å². The summed E-state index contributed by atoms with van der Waals surface area (Å²) in [5.41, 5.74) is 0.589. The molecule has 0 atom stereocenters. The summed E-state index contributed by atoms with van der Waals surface area (Å²) in [5, 5.41) is 9.60. The van der Waals surface area contributed by atoms with Crippen LogP contribution in [0.2, 0.25) is 0 Å². The Morgan fingerprint density at radius 2 is 2.00 bits per heavy atom. The second-order valence-corrected chi connectivity index (χ2v) is 4.53. The van der Waals surface area contributed by atoms with Gasteiger partial charge in [0, 0.05) is 45.2 Å². The zero-order valence-corrected chi connectivity index (χ0v) is 10.4. The Bertz CT molecular complexity index is 443. The van der Waals surface area contributed by atoms with Gasteiger partial charge >= 0.3 is 0 Å². The van der Waals surface area contributed by atoms with Gasteiger partial charge in [0.2, 0.25) is 5.91 Å². The van der Waals surface area contributed by atoms with Gasteiger partial charge in [-0.05, 0) is 6.07 Å². The Balaban J connectivity index is 1.96. The number of hydrogen-bond acceptors (Lipinski definition) is 3. The highest BCUT2D eigenvalue weighted by Gasteiger charge is 2.19. The molecule has 0 unspecified atom stereocenters. The van der Waals surface area contributed by atoms with E-state index in [9.17, 15) is 14.3 Å². The van der Waals surface area contributed by atoms with Crippen molar-refractivity contribution in [3.05, 3.63) is 29.6 Å². The van der Waals surface area contributed by atoms with E-state index in [1.807, 2.05) is 0 Å². The molecule has 4 nitrogen and oxygen atoms in total. The van der Waals surface area contributed by atoms with Crippen LogP contribution in [0.25, 0.3) is 0 Å². The van der Waals surface area contributed by atoms with E-state index in [1.54, 1.807) is 24.0 Å². The van der Waals surface area contributed by atoms with E-state index in [-0.39, 0.29) is 11.7 Å². The monoisotopic (exact) mass is 252 g/mol. The lowest BCUT2D eigenvalue weighted by Crippen LogP contribution is -2.47. The molecule has 0 bridgehead atoms. The largest absolute Gasteiger partial charge is 0.505 e. The molecule has 18 heavy (non-hydrogen) atoms. The molecule has 0 aromatic heterocycles. The van der Waals surface area contributed by atoms with Crippen molar-refractivity contribution < 1.29 is 14.3 Å². The number of rotatable bonds is 2. The zero-order valence-electron chi connectivity index (χ0n) is 10.4. The summed E-state index contributed by atoms with van der Waals surface area (Å²) in [6.45, 7) is 4.94. The SMILES string of the molecule is CC(=O)N1CCN(Cc2cccc(F)c2O)CC1. The first-order chi connectivity index (χ1) is 8.58. The second kappa shape index (κ2) is 5.35. The molecule has 2 rings (SSSR count). The molecule has 1 aliphatic rings. The molecule has 1 aromatic carbocycles. The van der Waals surface area contributed by atoms with Crippen molar-refractivity contribution in [2.75, 3.05) is 26.2 Å². The van der Waals surface area contributed by atoms with Crippen molar-refractivity contribution in [2.45, 2.75) is 13.5 Å². The van der Waals surface area contributed by atoms with E-state index < -0.39 is 5.82 Å². The molecule has 1 fully saturated rings. The lowest BCUT2D eigenvalue weighted by Gasteiger charge is -2.34. The maximum Gasteiger partial charge on any atom is 0.219 e. The maximum atomic E-state index is 13.2. The Kier molecular flexibility index (Phi) is 3.81. The van der Waals surface area contributed by atoms with E-state index >= 15 is 0 Å². The van der Waals surface area contributed by atoms with E-state index in [1.165, 1.54) is 6.07 Å². The molecule has 1 amide bonds. The molecule has 1 saturated heterocycles. The van der Waals surface area contributed by atoms with Gasteiger partial charge in [-0.25, -0.2) is 4.39 Å². The summed E-state index contributed by atoms with van der Waals surface area (Å²) in [7, 11) is 0. The molecule has 1 aliphatic heterocycles. The molecular formula is C13H17FN2O2. The van der Waals surface area contributed by atoms with Crippen LogP contribution in [0.1, 0.15) is 12.5 Å². The minimum Gasteiger partial charge on any atom is -0.505 e. The number of nitrogens with zero attached hydrogens (tertiary/aromatic N) is 2. The number of phenols is 1. The fourth-order valence-corrected chi connectivity index (χ4v) is 2.15. The Morgan fingerprint density at radius 3 is 2.61 bits per heavy atom. The van der Waals surface area contributed by atoms with Crippen molar-refractivity contribution in [3.8, 4) is 5.75 Å². The number of para-hydroxylation sites is 1. The van der Waals surface area contributed by atoms with E-state index in [0.717, 1.165) is 13.1 Å². The summed E-state index contributed by atoms with van der Waals surface area (Å²) < 4.78 is 13.2. The summed E-state index contributed by atoms with van der Waals surface area (Å²) in [6, 6.07) is 4.55. The molecule has 5 heteroatoms. The number of halogens is 1. The highest BCUT2D eigenvalue weighted by molar-refractivity contribution is 5.73. The van der Waals surface area contributed by atoms with E-state index in [4.69, 9.17) is 0 Å². The van der Waals surface area contributed by atoms with Gasteiger partial charge < -0.3 is 10.0 Å². The minimum atomic E-state index is -0.588. The summed E-state index contributed by atoms with van der Waals surface area (Å²) in [4.78, 5) is 15.1. The first kappa shape index (κ1) is 12.8. The molecule has 1 heterocycles. The first-order valence-corrected chi connectivity index (χ1v) is 6.02. The topological polar surface area (TPSA) is 43.8 Å². The molecule has 98 valence electrons. The van der Waals surface area contributed by atoms with Gasteiger partial charge in [0.25, 0.3) is 0 Å². The highest BCUT2D eigenvalue weighted by Crippen LogP contribution is 2.22. The lowest BCUT2D eigenvalue weighted by atomic mass is 10.1. The van der Waals surface area contributed by atoms with Crippen molar-refractivity contribution in [1.82, 2.24) is 9.80 Å². The minimum absolute atomic E-state index is 0.0863. The third-order valence-electron chi connectivity index (χ3n) is 3.28. The van der Waals surface area contributed by atoms with Gasteiger partial charge in [0.1, 0.15) is 0 Å². The van der Waals surface area contributed by atoms with Crippen molar-refractivity contribution >= 4 is 5.91 Å². The van der Waals surface area contributed by atoms with Crippen LogP contribution in [0.4, 0.5) is 4.39 Å². The van der Waals surface area contributed by atoms with Crippen molar-refractivity contribution in [1.29, 1.82) is 0 Å². The molecular weight excluding hydrogens is 235 g/mol. The maximum absolute atomic E-state index is 13.2. The third-order valence-corrected chi connectivity index (χ3v) is 3.28. The average Bonchev–Trinajstić information content (AvgIpc) is 2.36. The molecule has 0 spiro atoms. The van der Waals surface area contributed by atoms with Crippen LogP contribution in [0.5, 0.6) is 5.75 Å². The Morgan fingerprint density at radius 1 is 1.33 bits per heavy atom. The second-order valence-electron chi connectivity index (χ2n) is 4.53. The molecule has 0 aliphatic carbocycles. The number of aromatic hydroxyl groups is 1. The molecule has 1 N–H and O–H groups in total. The quantitative estimate of drug-likeness (QED) is 0.860. The fraction of sp³-hybridized carbons (Fsp3) is 0.462. The molecule has 0 saturated carbocycles. The van der Waals surface area contributed by atoms with Gasteiger partial charge in [-0.3, -0.25) is 9.69 Å². The molecule has 0 radical (unpaired) electrons. The summed E-state index contributed by atoms with van der Waals surface area (Å²) in [5.74, 6) is -0.773. The number of phenolic OH excluding ortho intramolecular Hbond substituents is 1. The first-order valence-electron chi connectivity index (χ1n) is 6.02. The Hall–Kier alpha value is -1.62. The smallest absolute Gasteiger partial charge is 0.219 e. The van der Waals surface area contributed by atoms with Crippen LogP contribution in [-0.4, -0.2) is 47.0 Å². The summed E-state index contributed by atoms with van der Waals surface area (Å²) in [6.07, 6.45) is 0. The van der Waals surface area contributed by atoms with E-state index in [0.29, 0.717) is 25.2 Å². The number of amides is 1. The van der Waals surface area contributed by atoms with Gasteiger partial charge in [0.15, 0.2) is 11.6 Å². The number of piperazine rings is 1. The number of carbonyl (C=O) groups excluding carboxylic acids is 1. The standard InChI is InChI=1S/C13H17FN2O2/c1-10(17)16-7-5-15(6-8-16)9-11-3-2-4-12(14)13(11)18/h2-4,18H,5-9H2,1H3. The van der Waals surface area contributed by atoms with Crippen LogP contribution in [-0.2, 0) is 11.3 Å². The normalized spacial score (nSPS) is 16.9. The van der Waals surface area contributed by atoms with Gasteiger partial charge in [0.05, 0.1) is 0 Å². The van der Waals surface area contributed by atoms with Crippen LogP contribution < -0.4 is 0 Å². The summed E-state index contributed by atoms with van der Waals surface area (Å²) >= 11 is 0. The zero-order chi connectivity index (χ0) is 13.1. The number of carbonyl (C=O) groups is 1. The van der Waals surface area contributed by atoms with Gasteiger partial charge in [-0.15, -0.1) is 0 Å². The van der Waals surface area contributed by atoms with Crippen molar-refractivity contribution in [2.24, 2.45) is 0 Å². The predicted molar refractivity (Wildman–Crippen MR) is 65.6 cm³/mol. The fourth-order valence-electron chi connectivity index (χ4n) is 2.15. The van der Waals surface area contributed by atoms with Gasteiger partial charge in [-0.1, -0.05) is 12.1 Å². The van der Waals surface area contributed by atoms with Crippen LogP contribution in [0.15, 0.2) is 18.2 Å². The number of hydrogen-bond donors (Lipinski definition) is 1. The molecule has 1 aromatic rings. The lowest BCUT2D eigenvalue weighted by molar-refractivity contribution is -0.130.